The first-order valence-corrected chi connectivity index (χ1v) is 13.5. The van der Waals surface area contributed by atoms with E-state index in [9.17, 15) is 21.6 Å². The van der Waals surface area contributed by atoms with Gasteiger partial charge in [-0.15, -0.1) is 21.5 Å². The molecule has 35 heavy (non-hydrogen) atoms. The fourth-order valence-corrected chi connectivity index (χ4v) is 5.62. The Hall–Kier alpha value is -2.90. The molecule has 0 unspecified atom stereocenters. The van der Waals surface area contributed by atoms with Crippen molar-refractivity contribution in [2.45, 2.75) is 30.7 Å². The van der Waals surface area contributed by atoms with E-state index in [1.807, 2.05) is 13.8 Å². The van der Waals surface area contributed by atoms with Crippen LogP contribution in [0.1, 0.15) is 36.6 Å². The van der Waals surface area contributed by atoms with E-state index in [0.717, 1.165) is 34.8 Å². The number of hydrogen-bond acceptors (Lipinski definition) is 7. The van der Waals surface area contributed by atoms with Crippen LogP contribution in [0, 0.1) is 17.5 Å². The van der Waals surface area contributed by atoms with Gasteiger partial charge < -0.3 is 0 Å². The molecule has 0 amide bonds. The van der Waals surface area contributed by atoms with Crippen LogP contribution in [0.2, 0.25) is 0 Å². The predicted octanol–water partition coefficient (Wildman–Crippen LogP) is 5.56. The molecule has 2 aromatic heterocycles. The smallest absolute Gasteiger partial charge is 0.237 e. The Kier molecular flexibility index (Phi) is 7.20. The fourth-order valence-electron chi connectivity index (χ4n) is 3.01. The third-order valence-corrected chi connectivity index (χ3v) is 7.71. The van der Waals surface area contributed by atoms with E-state index >= 15 is 0 Å². The van der Waals surface area contributed by atoms with Gasteiger partial charge in [-0.25, -0.2) is 26.6 Å². The van der Waals surface area contributed by atoms with Crippen LogP contribution in [-0.4, -0.2) is 34.5 Å². The third-order valence-electron chi connectivity index (χ3n) is 4.86. The number of thiazole rings is 1. The normalized spacial score (nSPS) is 12.2. The van der Waals surface area contributed by atoms with Crippen LogP contribution in [0.5, 0.6) is 0 Å². The zero-order valence-electron chi connectivity index (χ0n) is 18.3. The molecule has 0 aliphatic rings. The summed E-state index contributed by atoms with van der Waals surface area (Å²) in [5.41, 5.74) is 0.172. The first kappa shape index (κ1) is 25.2. The van der Waals surface area contributed by atoms with Crippen LogP contribution in [0.4, 0.5) is 13.2 Å². The molecule has 7 nitrogen and oxygen atoms in total. The molecular formula is C22H17BrF3N5O2S2. The Labute approximate surface area is 211 Å². The van der Waals surface area contributed by atoms with Crippen LogP contribution in [-0.2, 0) is 15.6 Å². The van der Waals surface area contributed by atoms with Crippen molar-refractivity contribution in [3.63, 3.8) is 0 Å². The summed E-state index contributed by atoms with van der Waals surface area (Å²) in [4.78, 5) is 4.45. The molecule has 0 aliphatic heterocycles. The number of benzene rings is 2. The molecule has 0 saturated carbocycles. The van der Waals surface area contributed by atoms with Crippen molar-refractivity contribution in [2.75, 3.05) is 0 Å². The van der Waals surface area contributed by atoms with Crippen molar-refractivity contribution < 1.29 is 21.6 Å². The van der Waals surface area contributed by atoms with Crippen LogP contribution < -0.4 is 0 Å². The summed E-state index contributed by atoms with van der Waals surface area (Å²) in [6, 6.07) is 7.25. The molecule has 0 atom stereocenters. The summed E-state index contributed by atoms with van der Waals surface area (Å²) in [7, 11) is -4.29. The van der Waals surface area contributed by atoms with Crippen molar-refractivity contribution in [1.29, 1.82) is 0 Å². The molecule has 13 heteroatoms. The highest BCUT2D eigenvalue weighted by Crippen LogP contribution is 2.28. The summed E-state index contributed by atoms with van der Waals surface area (Å²) in [5, 5.41) is 13.2. The van der Waals surface area contributed by atoms with Gasteiger partial charge in [0.1, 0.15) is 17.5 Å². The lowest BCUT2D eigenvalue weighted by Gasteiger charge is -2.07. The number of sulfone groups is 1. The van der Waals surface area contributed by atoms with Crippen LogP contribution in [0.15, 0.2) is 56.5 Å². The van der Waals surface area contributed by atoms with Gasteiger partial charge >= 0.3 is 0 Å². The average Bonchev–Trinajstić information content (AvgIpc) is 3.43. The average molecular weight is 584 g/mol. The van der Waals surface area contributed by atoms with Gasteiger partial charge in [-0.2, -0.15) is 9.78 Å². The maximum atomic E-state index is 14.3. The van der Waals surface area contributed by atoms with Crippen molar-refractivity contribution in [2.24, 2.45) is 5.10 Å². The fraction of sp³-hybridized carbons (Fsp3) is 0.182. The SMILES string of the molecule is CC(C)c1csc(-c2nnc(S(=O)(=O)Cc3ccc(Br)cc3F)n2/N=C/c2c(F)cccc2F)n1. The number of hydrogen-bond donors (Lipinski definition) is 0. The van der Waals surface area contributed by atoms with Gasteiger partial charge in [0.25, 0.3) is 5.16 Å². The molecule has 0 bridgehead atoms. The number of nitrogens with zero attached hydrogens (tertiary/aromatic N) is 5. The van der Waals surface area contributed by atoms with Gasteiger partial charge in [0.05, 0.1) is 23.2 Å². The van der Waals surface area contributed by atoms with Crippen LogP contribution in [0.3, 0.4) is 0 Å². The second-order valence-electron chi connectivity index (χ2n) is 7.72. The molecule has 4 aromatic rings. The molecule has 0 N–H and O–H groups in total. The maximum absolute atomic E-state index is 14.3. The van der Waals surface area contributed by atoms with E-state index in [4.69, 9.17) is 0 Å². The summed E-state index contributed by atoms with van der Waals surface area (Å²) in [5.74, 6) is -3.18. The highest BCUT2D eigenvalue weighted by molar-refractivity contribution is 9.10. The Bertz CT molecular complexity index is 1510. The van der Waals surface area contributed by atoms with E-state index in [-0.39, 0.29) is 17.3 Å². The lowest BCUT2D eigenvalue weighted by atomic mass is 10.2. The first-order valence-electron chi connectivity index (χ1n) is 10.1. The molecule has 182 valence electrons. The van der Waals surface area contributed by atoms with E-state index in [1.54, 1.807) is 5.38 Å². The van der Waals surface area contributed by atoms with Crippen molar-refractivity contribution >= 4 is 43.3 Å². The highest BCUT2D eigenvalue weighted by Gasteiger charge is 2.28. The summed E-state index contributed by atoms with van der Waals surface area (Å²) in [6.45, 7) is 3.87. The van der Waals surface area contributed by atoms with Gasteiger partial charge in [-0.1, -0.05) is 41.9 Å². The standard InChI is InChI=1S/C22H17BrF3N5O2S2/c1-12(2)19-10-34-21(28-19)20-29-30-22(31(20)27-9-15-16(24)4-3-5-17(15)25)35(32,33)11-13-6-7-14(23)8-18(13)26/h3-10,12H,11H2,1-2H3/b27-9+. The van der Waals surface area contributed by atoms with Crippen molar-refractivity contribution in [3.8, 4) is 10.8 Å². The van der Waals surface area contributed by atoms with E-state index in [2.05, 4.69) is 36.2 Å². The number of rotatable bonds is 7. The van der Waals surface area contributed by atoms with Crippen LogP contribution in [0.25, 0.3) is 10.8 Å². The minimum absolute atomic E-state index is 0.0373. The quantitative estimate of drug-likeness (QED) is 0.266. The third kappa shape index (κ3) is 5.36. The Morgan fingerprint density at radius 3 is 2.46 bits per heavy atom. The monoisotopic (exact) mass is 583 g/mol. The second-order valence-corrected chi connectivity index (χ2v) is 11.4. The molecule has 0 fully saturated rings. The zero-order chi connectivity index (χ0) is 25.3. The molecule has 0 spiro atoms. The minimum atomic E-state index is -4.29. The predicted molar refractivity (Wildman–Crippen MR) is 130 cm³/mol. The lowest BCUT2D eigenvalue weighted by molar-refractivity contribution is 0.570. The minimum Gasteiger partial charge on any atom is -0.237 e. The Balaban J connectivity index is 1.83. The summed E-state index contributed by atoms with van der Waals surface area (Å²) >= 11 is 4.31. The topological polar surface area (TPSA) is 90.1 Å². The van der Waals surface area contributed by atoms with Crippen molar-refractivity contribution in [1.82, 2.24) is 19.9 Å². The van der Waals surface area contributed by atoms with Crippen molar-refractivity contribution in [3.05, 3.63) is 80.5 Å². The zero-order valence-corrected chi connectivity index (χ0v) is 21.5. The molecule has 0 radical (unpaired) electrons. The first-order chi connectivity index (χ1) is 16.6. The summed E-state index contributed by atoms with van der Waals surface area (Å²) < 4.78 is 70.4. The van der Waals surface area contributed by atoms with Gasteiger partial charge in [0.15, 0.2) is 5.01 Å². The molecule has 2 heterocycles. The van der Waals surface area contributed by atoms with Crippen LogP contribution >= 0.6 is 27.3 Å². The molecule has 2 aromatic carbocycles. The highest BCUT2D eigenvalue weighted by atomic mass is 79.9. The second kappa shape index (κ2) is 9.99. The van der Waals surface area contributed by atoms with Gasteiger partial charge in [0.2, 0.25) is 15.7 Å². The van der Waals surface area contributed by atoms with Gasteiger partial charge in [-0.05, 0) is 30.2 Å². The Morgan fingerprint density at radius 1 is 1.11 bits per heavy atom. The lowest BCUT2D eigenvalue weighted by Crippen LogP contribution is -2.13. The number of halogens is 4. The number of aromatic nitrogens is 4. The summed E-state index contributed by atoms with van der Waals surface area (Å²) in [6.07, 6.45) is 0.841. The maximum Gasteiger partial charge on any atom is 0.271 e. The molecule has 0 aliphatic carbocycles. The van der Waals surface area contributed by atoms with E-state index in [1.165, 1.54) is 29.5 Å². The van der Waals surface area contributed by atoms with Gasteiger partial charge in [-0.3, -0.25) is 0 Å². The molecule has 0 saturated heterocycles. The Morgan fingerprint density at radius 2 is 1.83 bits per heavy atom. The largest absolute Gasteiger partial charge is 0.271 e. The molecular weight excluding hydrogens is 567 g/mol. The van der Waals surface area contributed by atoms with E-state index < -0.39 is 43.8 Å². The van der Waals surface area contributed by atoms with Gasteiger partial charge in [0, 0.05) is 15.4 Å². The molecule has 4 rings (SSSR count). The van der Waals surface area contributed by atoms with E-state index in [0.29, 0.717) is 9.48 Å².